The fraction of sp³-hybridized carbons (Fsp3) is 0.458. The van der Waals surface area contributed by atoms with Crippen molar-refractivity contribution in [3.8, 4) is 11.5 Å². The number of rotatable bonds is 8. The highest BCUT2D eigenvalue weighted by molar-refractivity contribution is 14.0. The summed E-state index contributed by atoms with van der Waals surface area (Å²) in [7, 11) is 6.97. The van der Waals surface area contributed by atoms with Crippen LogP contribution < -0.4 is 14.8 Å². The van der Waals surface area contributed by atoms with Gasteiger partial charge in [0.2, 0.25) is 0 Å². The summed E-state index contributed by atoms with van der Waals surface area (Å²) in [6.45, 7) is 5.95. The average molecular weight is 554 g/mol. The highest BCUT2D eigenvalue weighted by Gasteiger charge is 2.21. The third-order valence-corrected chi connectivity index (χ3v) is 5.62. The molecular formula is C24H35IN4O3. The molecule has 0 spiro atoms. The van der Waals surface area contributed by atoms with Crippen molar-refractivity contribution in [1.82, 2.24) is 15.1 Å². The number of methoxy groups -OCH3 is 3. The molecule has 0 amide bonds. The Labute approximate surface area is 208 Å². The van der Waals surface area contributed by atoms with Crippen LogP contribution in [0.3, 0.4) is 0 Å². The molecule has 1 saturated heterocycles. The molecule has 1 heterocycles. The molecule has 1 N–H and O–H groups in total. The van der Waals surface area contributed by atoms with Gasteiger partial charge in [0, 0.05) is 59.0 Å². The van der Waals surface area contributed by atoms with Crippen molar-refractivity contribution in [2.75, 3.05) is 54.6 Å². The van der Waals surface area contributed by atoms with Crippen LogP contribution in [0.4, 0.5) is 0 Å². The number of benzene rings is 2. The molecule has 3 rings (SSSR count). The van der Waals surface area contributed by atoms with E-state index in [1.807, 2.05) is 25.2 Å². The number of ether oxygens (including phenoxy) is 3. The van der Waals surface area contributed by atoms with Gasteiger partial charge in [-0.1, -0.05) is 24.3 Å². The first kappa shape index (κ1) is 26.2. The maximum Gasteiger partial charge on any atom is 0.194 e. The molecule has 0 bridgehead atoms. The van der Waals surface area contributed by atoms with Gasteiger partial charge in [-0.25, -0.2) is 0 Å². The van der Waals surface area contributed by atoms with Crippen LogP contribution in [-0.2, 0) is 24.4 Å². The number of halogens is 1. The Morgan fingerprint density at radius 1 is 0.938 bits per heavy atom. The fourth-order valence-electron chi connectivity index (χ4n) is 3.90. The molecule has 8 heteroatoms. The third-order valence-electron chi connectivity index (χ3n) is 5.62. The summed E-state index contributed by atoms with van der Waals surface area (Å²) in [5, 5.41) is 3.52. The first-order valence-corrected chi connectivity index (χ1v) is 10.6. The maximum absolute atomic E-state index is 5.53. The third kappa shape index (κ3) is 6.98. The van der Waals surface area contributed by atoms with Crippen LogP contribution in [-0.4, -0.2) is 70.3 Å². The molecule has 0 saturated carbocycles. The normalized spacial score (nSPS) is 14.6. The summed E-state index contributed by atoms with van der Waals surface area (Å²) in [6, 6.07) is 14.3. The molecule has 0 atom stereocenters. The van der Waals surface area contributed by atoms with E-state index in [1.165, 1.54) is 11.1 Å². The quantitative estimate of drug-likeness (QED) is 0.307. The monoisotopic (exact) mass is 554 g/mol. The van der Waals surface area contributed by atoms with Gasteiger partial charge in [0.1, 0.15) is 11.5 Å². The van der Waals surface area contributed by atoms with E-state index in [4.69, 9.17) is 14.2 Å². The molecule has 0 aromatic heterocycles. The Hall–Kier alpha value is -2.04. The van der Waals surface area contributed by atoms with E-state index in [0.29, 0.717) is 6.61 Å². The van der Waals surface area contributed by atoms with E-state index >= 15 is 0 Å². The van der Waals surface area contributed by atoms with Gasteiger partial charge in [-0.3, -0.25) is 9.89 Å². The predicted octanol–water partition coefficient (Wildman–Crippen LogP) is 3.36. The van der Waals surface area contributed by atoms with Crippen molar-refractivity contribution in [3.63, 3.8) is 0 Å². The number of nitrogens with one attached hydrogen (secondary N) is 1. The number of piperazine rings is 1. The Balaban J connectivity index is 0.00000363. The van der Waals surface area contributed by atoms with Gasteiger partial charge in [-0.2, -0.15) is 0 Å². The highest BCUT2D eigenvalue weighted by atomic mass is 127. The van der Waals surface area contributed by atoms with Crippen LogP contribution in [0, 0.1) is 0 Å². The molecule has 1 fully saturated rings. The second kappa shape index (κ2) is 13.5. The average Bonchev–Trinajstić information content (AvgIpc) is 2.81. The standard InChI is InChI=1S/C24H34N4O3.HI/c1-25-24(26-16-19-7-5-6-8-20(19)18-29-2)28-13-11-27(12-14-28)17-21-15-22(30-3)9-10-23(21)31-4;/h5-10,15H,11-14,16-18H2,1-4H3,(H,25,26);1H. The minimum Gasteiger partial charge on any atom is -0.497 e. The van der Waals surface area contributed by atoms with E-state index in [9.17, 15) is 0 Å². The molecule has 0 aliphatic carbocycles. The number of hydrogen-bond acceptors (Lipinski definition) is 5. The summed E-state index contributed by atoms with van der Waals surface area (Å²) >= 11 is 0. The summed E-state index contributed by atoms with van der Waals surface area (Å²) in [5.74, 6) is 2.69. The van der Waals surface area contributed by atoms with Crippen molar-refractivity contribution in [3.05, 3.63) is 59.2 Å². The molecule has 1 aliphatic heterocycles. The van der Waals surface area contributed by atoms with Crippen LogP contribution in [0.5, 0.6) is 11.5 Å². The van der Waals surface area contributed by atoms with Crippen LogP contribution in [0.15, 0.2) is 47.5 Å². The molecule has 2 aromatic carbocycles. The van der Waals surface area contributed by atoms with Gasteiger partial charge in [0.05, 0.1) is 20.8 Å². The largest absolute Gasteiger partial charge is 0.497 e. The van der Waals surface area contributed by atoms with Crippen molar-refractivity contribution in [1.29, 1.82) is 0 Å². The Morgan fingerprint density at radius 2 is 1.66 bits per heavy atom. The van der Waals surface area contributed by atoms with Crippen LogP contribution in [0.1, 0.15) is 16.7 Å². The van der Waals surface area contributed by atoms with E-state index < -0.39 is 0 Å². The minimum atomic E-state index is 0. The summed E-state index contributed by atoms with van der Waals surface area (Å²) in [6.07, 6.45) is 0. The molecule has 2 aromatic rings. The number of aliphatic imine (C=N–C) groups is 1. The lowest BCUT2D eigenvalue weighted by Gasteiger charge is -2.36. The summed E-state index contributed by atoms with van der Waals surface area (Å²) < 4.78 is 16.2. The first-order chi connectivity index (χ1) is 15.2. The lowest BCUT2D eigenvalue weighted by atomic mass is 10.1. The van der Waals surface area contributed by atoms with Crippen LogP contribution >= 0.6 is 24.0 Å². The van der Waals surface area contributed by atoms with Gasteiger partial charge in [0.25, 0.3) is 0 Å². The Morgan fingerprint density at radius 3 is 2.28 bits per heavy atom. The summed E-state index contributed by atoms with van der Waals surface area (Å²) in [5.41, 5.74) is 3.58. The Kier molecular flexibility index (Phi) is 11.1. The van der Waals surface area contributed by atoms with Crippen LogP contribution in [0.25, 0.3) is 0 Å². The van der Waals surface area contributed by atoms with Gasteiger partial charge >= 0.3 is 0 Å². The zero-order chi connectivity index (χ0) is 22.1. The second-order valence-electron chi connectivity index (χ2n) is 7.54. The lowest BCUT2D eigenvalue weighted by molar-refractivity contribution is 0.170. The van der Waals surface area contributed by atoms with Gasteiger partial charge in [-0.15, -0.1) is 24.0 Å². The maximum atomic E-state index is 5.53. The molecular weight excluding hydrogens is 519 g/mol. The van der Waals surface area contributed by atoms with Crippen molar-refractivity contribution >= 4 is 29.9 Å². The molecule has 0 unspecified atom stereocenters. The minimum absolute atomic E-state index is 0. The van der Waals surface area contributed by atoms with E-state index in [-0.39, 0.29) is 24.0 Å². The van der Waals surface area contributed by atoms with E-state index in [2.05, 4.69) is 44.4 Å². The van der Waals surface area contributed by atoms with E-state index in [1.54, 1.807) is 21.3 Å². The first-order valence-electron chi connectivity index (χ1n) is 10.6. The van der Waals surface area contributed by atoms with Gasteiger partial charge in [-0.05, 0) is 29.3 Å². The molecule has 176 valence electrons. The molecule has 1 aliphatic rings. The SMILES string of the molecule is CN=C(NCc1ccccc1COC)N1CCN(Cc2cc(OC)ccc2OC)CC1.I. The Bertz CT molecular complexity index is 870. The number of nitrogens with zero attached hydrogens (tertiary/aromatic N) is 3. The van der Waals surface area contributed by atoms with Crippen molar-refractivity contribution < 1.29 is 14.2 Å². The van der Waals surface area contributed by atoms with E-state index in [0.717, 1.165) is 62.3 Å². The zero-order valence-corrected chi connectivity index (χ0v) is 21.8. The smallest absolute Gasteiger partial charge is 0.194 e. The highest BCUT2D eigenvalue weighted by Crippen LogP contribution is 2.25. The van der Waals surface area contributed by atoms with Gasteiger partial charge in [0.15, 0.2) is 5.96 Å². The summed E-state index contributed by atoms with van der Waals surface area (Å²) in [4.78, 5) is 9.26. The lowest BCUT2D eigenvalue weighted by Crippen LogP contribution is -2.52. The molecule has 0 radical (unpaired) electrons. The topological polar surface area (TPSA) is 58.6 Å². The molecule has 32 heavy (non-hydrogen) atoms. The second-order valence-corrected chi connectivity index (χ2v) is 7.54. The van der Waals surface area contributed by atoms with Crippen molar-refractivity contribution in [2.24, 2.45) is 4.99 Å². The number of guanidine groups is 1. The fourth-order valence-corrected chi connectivity index (χ4v) is 3.90. The van der Waals surface area contributed by atoms with Crippen molar-refractivity contribution in [2.45, 2.75) is 19.7 Å². The van der Waals surface area contributed by atoms with Gasteiger partial charge < -0.3 is 24.4 Å². The molecule has 7 nitrogen and oxygen atoms in total. The van der Waals surface area contributed by atoms with Crippen LogP contribution in [0.2, 0.25) is 0 Å². The zero-order valence-electron chi connectivity index (χ0n) is 19.5. The number of hydrogen-bond donors (Lipinski definition) is 1. The predicted molar refractivity (Wildman–Crippen MR) is 139 cm³/mol.